The Kier molecular flexibility index (Phi) is 5.00. The first kappa shape index (κ1) is 22.1. The number of carbonyl (C=O) groups is 2. The van der Waals surface area contributed by atoms with Crippen LogP contribution in [0.3, 0.4) is 0 Å². The number of ketones is 2. The maximum atomic E-state index is 14.1. The SMILES string of the molecule is CC(=O)c1cc(F)cc(-c2nc(CC(=O)C3(c4ccc5c(c4)OC(F)(F)O5)CC3)ccc2C)c1. The van der Waals surface area contributed by atoms with Gasteiger partial charge in [-0.3, -0.25) is 14.6 Å². The Morgan fingerprint density at radius 2 is 1.74 bits per heavy atom. The Balaban J connectivity index is 1.42. The topological polar surface area (TPSA) is 65.5 Å². The fourth-order valence-electron chi connectivity index (χ4n) is 4.32. The average molecular weight is 467 g/mol. The van der Waals surface area contributed by atoms with Crippen LogP contribution in [0.15, 0.2) is 48.5 Å². The zero-order valence-corrected chi connectivity index (χ0v) is 18.5. The molecule has 1 aliphatic carbocycles. The lowest BCUT2D eigenvalue weighted by Crippen LogP contribution is -2.26. The van der Waals surface area contributed by atoms with Gasteiger partial charge in [-0.25, -0.2) is 4.39 Å². The number of nitrogens with zero attached hydrogens (tertiary/aromatic N) is 1. The summed E-state index contributed by atoms with van der Waals surface area (Å²) in [6, 6.07) is 12.0. The normalized spacial score (nSPS) is 16.9. The van der Waals surface area contributed by atoms with Crippen molar-refractivity contribution in [3.8, 4) is 22.8 Å². The second-order valence-electron chi connectivity index (χ2n) is 8.76. The number of aryl methyl sites for hydroxylation is 1. The van der Waals surface area contributed by atoms with E-state index in [1.165, 1.54) is 31.2 Å². The van der Waals surface area contributed by atoms with E-state index in [0.29, 0.717) is 35.4 Å². The van der Waals surface area contributed by atoms with Crippen LogP contribution in [0.5, 0.6) is 11.5 Å². The first-order valence-corrected chi connectivity index (χ1v) is 10.8. The van der Waals surface area contributed by atoms with Crippen molar-refractivity contribution >= 4 is 11.6 Å². The monoisotopic (exact) mass is 467 g/mol. The minimum Gasteiger partial charge on any atom is -0.395 e. The van der Waals surface area contributed by atoms with Gasteiger partial charge in [0.25, 0.3) is 0 Å². The van der Waals surface area contributed by atoms with Crippen molar-refractivity contribution in [1.82, 2.24) is 4.98 Å². The van der Waals surface area contributed by atoms with E-state index in [9.17, 15) is 22.8 Å². The molecule has 0 spiro atoms. The number of halogens is 3. The number of aromatic nitrogens is 1. The quantitative estimate of drug-likeness (QED) is 0.444. The molecule has 0 saturated heterocycles. The number of pyridine rings is 1. The van der Waals surface area contributed by atoms with Crippen LogP contribution in [0.2, 0.25) is 0 Å². The lowest BCUT2D eigenvalue weighted by Gasteiger charge is -2.16. The maximum Gasteiger partial charge on any atom is 0.586 e. The Morgan fingerprint density at radius 3 is 2.44 bits per heavy atom. The fourth-order valence-corrected chi connectivity index (χ4v) is 4.32. The summed E-state index contributed by atoms with van der Waals surface area (Å²) in [5.41, 5.74) is 2.26. The van der Waals surface area contributed by atoms with Crippen LogP contribution in [0.4, 0.5) is 13.2 Å². The summed E-state index contributed by atoms with van der Waals surface area (Å²) in [7, 11) is 0. The van der Waals surface area contributed by atoms with Gasteiger partial charge in [0.05, 0.1) is 11.1 Å². The highest BCUT2D eigenvalue weighted by Gasteiger charge is 2.52. The van der Waals surface area contributed by atoms with Gasteiger partial charge in [-0.15, -0.1) is 8.78 Å². The summed E-state index contributed by atoms with van der Waals surface area (Å²) in [5, 5.41) is 0. The first-order chi connectivity index (χ1) is 16.1. The molecule has 1 aliphatic heterocycles. The molecule has 0 radical (unpaired) electrons. The highest BCUT2D eigenvalue weighted by Crippen LogP contribution is 2.52. The zero-order chi connectivity index (χ0) is 24.3. The predicted molar refractivity (Wildman–Crippen MR) is 117 cm³/mol. The van der Waals surface area contributed by atoms with Gasteiger partial charge in [-0.1, -0.05) is 12.1 Å². The van der Waals surface area contributed by atoms with Crippen molar-refractivity contribution in [2.45, 2.75) is 44.8 Å². The minimum atomic E-state index is -3.72. The third kappa shape index (κ3) is 3.93. The molecule has 174 valence electrons. The van der Waals surface area contributed by atoms with Gasteiger partial charge in [0.15, 0.2) is 17.3 Å². The van der Waals surface area contributed by atoms with E-state index >= 15 is 0 Å². The third-order valence-electron chi connectivity index (χ3n) is 6.31. The lowest BCUT2D eigenvalue weighted by atomic mass is 9.88. The Hall–Kier alpha value is -3.68. The number of Topliss-reactive ketones (excluding diaryl/α,β-unsaturated/α-hetero) is 2. The van der Waals surface area contributed by atoms with Crippen LogP contribution in [0, 0.1) is 12.7 Å². The molecule has 0 N–H and O–H groups in total. The van der Waals surface area contributed by atoms with Crippen LogP contribution in [0.25, 0.3) is 11.3 Å². The van der Waals surface area contributed by atoms with Gasteiger partial charge in [0, 0.05) is 23.2 Å². The second kappa shape index (κ2) is 7.68. The Bertz CT molecular complexity index is 1350. The van der Waals surface area contributed by atoms with E-state index in [0.717, 1.165) is 5.56 Å². The standard InChI is InChI=1S/C26H20F3NO4/c1-14-3-5-20(30-24(14)17-9-16(15(2)31)10-19(27)11-17)13-23(32)25(7-8-25)18-4-6-21-22(12-18)34-26(28,29)33-21/h3-6,9-12H,7-8,13H2,1-2H3. The number of fused-ring (bicyclic) bond motifs is 1. The summed E-state index contributed by atoms with van der Waals surface area (Å²) in [4.78, 5) is 29.6. The molecule has 1 fully saturated rings. The molecule has 1 saturated carbocycles. The Labute approximate surface area is 193 Å². The van der Waals surface area contributed by atoms with Crippen LogP contribution < -0.4 is 9.47 Å². The first-order valence-electron chi connectivity index (χ1n) is 10.8. The summed E-state index contributed by atoms with van der Waals surface area (Å²) in [6.07, 6.45) is -2.52. The third-order valence-corrected chi connectivity index (χ3v) is 6.31. The predicted octanol–water partition coefficient (Wildman–Crippen LogP) is 5.56. The second-order valence-corrected chi connectivity index (χ2v) is 8.76. The summed E-state index contributed by atoms with van der Waals surface area (Å²) in [6.45, 7) is 3.18. The van der Waals surface area contributed by atoms with Gasteiger partial charge in [0.1, 0.15) is 11.6 Å². The van der Waals surface area contributed by atoms with E-state index in [1.54, 1.807) is 24.3 Å². The van der Waals surface area contributed by atoms with Crippen LogP contribution >= 0.6 is 0 Å². The molecular weight excluding hydrogens is 447 g/mol. The molecule has 3 aromatic rings. The van der Waals surface area contributed by atoms with E-state index in [2.05, 4.69) is 14.5 Å². The number of hydrogen-bond acceptors (Lipinski definition) is 5. The van der Waals surface area contributed by atoms with Gasteiger partial charge in [-0.05, 0) is 74.2 Å². The van der Waals surface area contributed by atoms with E-state index < -0.39 is 17.5 Å². The van der Waals surface area contributed by atoms with Gasteiger partial charge in [-0.2, -0.15) is 0 Å². The zero-order valence-electron chi connectivity index (χ0n) is 18.5. The fraction of sp³-hybridized carbons (Fsp3) is 0.269. The molecule has 5 nitrogen and oxygen atoms in total. The van der Waals surface area contributed by atoms with Crippen molar-refractivity contribution in [2.24, 2.45) is 0 Å². The summed E-state index contributed by atoms with van der Waals surface area (Å²) < 4.78 is 49.8. The molecular formula is C26H20F3NO4. The van der Waals surface area contributed by atoms with E-state index in [-0.39, 0.29) is 35.0 Å². The number of ether oxygens (including phenoxy) is 2. The minimum absolute atomic E-state index is 0.0206. The molecule has 0 bridgehead atoms. The van der Waals surface area contributed by atoms with Crippen molar-refractivity contribution in [3.63, 3.8) is 0 Å². The number of carbonyl (C=O) groups excluding carboxylic acids is 2. The molecule has 0 atom stereocenters. The molecule has 2 aromatic carbocycles. The molecule has 0 unspecified atom stereocenters. The van der Waals surface area contributed by atoms with Crippen LogP contribution in [-0.2, 0) is 16.6 Å². The van der Waals surface area contributed by atoms with Crippen molar-refractivity contribution in [1.29, 1.82) is 0 Å². The number of alkyl halides is 2. The Morgan fingerprint density at radius 1 is 1.00 bits per heavy atom. The van der Waals surface area contributed by atoms with Crippen molar-refractivity contribution in [2.75, 3.05) is 0 Å². The van der Waals surface area contributed by atoms with Gasteiger partial charge < -0.3 is 9.47 Å². The number of rotatable bonds is 6. The van der Waals surface area contributed by atoms with Crippen LogP contribution in [0.1, 0.15) is 46.9 Å². The molecule has 1 aromatic heterocycles. The maximum absolute atomic E-state index is 14.1. The van der Waals surface area contributed by atoms with Gasteiger partial charge >= 0.3 is 6.29 Å². The van der Waals surface area contributed by atoms with Crippen molar-refractivity contribution in [3.05, 3.63) is 76.7 Å². The summed E-state index contributed by atoms with van der Waals surface area (Å²) >= 11 is 0. The average Bonchev–Trinajstić information content (AvgIpc) is 3.51. The van der Waals surface area contributed by atoms with E-state index in [1.807, 2.05) is 6.92 Å². The summed E-state index contributed by atoms with van der Waals surface area (Å²) in [5.74, 6) is -1.06. The highest BCUT2D eigenvalue weighted by molar-refractivity contribution is 5.96. The highest BCUT2D eigenvalue weighted by atomic mass is 19.3. The molecule has 2 heterocycles. The molecule has 0 amide bonds. The van der Waals surface area contributed by atoms with Crippen LogP contribution in [-0.4, -0.2) is 22.8 Å². The van der Waals surface area contributed by atoms with Gasteiger partial charge in [0.2, 0.25) is 0 Å². The molecule has 2 aliphatic rings. The largest absolute Gasteiger partial charge is 0.586 e. The molecule has 8 heteroatoms. The smallest absolute Gasteiger partial charge is 0.395 e. The molecule has 5 rings (SSSR count). The number of benzene rings is 2. The lowest BCUT2D eigenvalue weighted by molar-refractivity contribution is -0.286. The van der Waals surface area contributed by atoms with Crippen molar-refractivity contribution < 1.29 is 32.2 Å². The number of hydrogen-bond donors (Lipinski definition) is 0. The molecule has 34 heavy (non-hydrogen) atoms. The van der Waals surface area contributed by atoms with E-state index in [4.69, 9.17) is 0 Å².